The van der Waals surface area contributed by atoms with Crippen molar-refractivity contribution in [1.29, 1.82) is 0 Å². The Hall–Kier alpha value is -1.11. The van der Waals surface area contributed by atoms with Gasteiger partial charge in [0.2, 0.25) is 0 Å². The fourth-order valence-electron chi connectivity index (χ4n) is 1.69. The minimum Gasteiger partial charge on any atom is -0.278 e. The molecule has 0 aliphatic heterocycles. The molecule has 1 aromatic carbocycles. The quantitative estimate of drug-likeness (QED) is 0.827. The summed E-state index contributed by atoms with van der Waals surface area (Å²) in [6.45, 7) is 3.55. The Morgan fingerprint density at radius 2 is 1.90 bits per heavy atom. The lowest BCUT2D eigenvalue weighted by Gasteiger charge is -2.11. The molecule has 20 heavy (non-hydrogen) atoms. The van der Waals surface area contributed by atoms with Crippen LogP contribution in [0, 0.1) is 13.8 Å². The number of aryl methyl sites for hydroxylation is 2. The molecule has 0 bridgehead atoms. The molecule has 0 amide bonds. The third-order valence-electron chi connectivity index (χ3n) is 2.71. The van der Waals surface area contributed by atoms with Gasteiger partial charge in [0.25, 0.3) is 10.0 Å². The Bertz CT molecular complexity index is 763. The van der Waals surface area contributed by atoms with Gasteiger partial charge in [0.05, 0.1) is 16.8 Å². The summed E-state index contributed by atoms with van der Waals surface area (Å²) in [5.74, 6) is 0. The first-order chi connectivity index (χ1) is 9.29. The van der Waals surface area contributed by atoms with Crippen molar-refractivity contribution in [3.05, 3.63) is 51.2 Å². The number of anilines is 1. The van der Waals surface area contributed by atoms with E-state index in [-0.39, 0.29) is 4.90 Å². The number of benzene rings is 1. The van der Waals surface area contributed by atoms with Crippen molar-refractivity contribution in [1.82, 2.24) is 4.98 Å². The van der Waals surface area contributed by atoms with Crippen molar-refractivity contribution in [2.75, 3.05) is 4.72 Å². The molecule has 0 aliphatic rings. The number of halogens is 2. The lowest BCUT2D eigenvalue weighted by Crippen LogP contribution is -2.14. The summed E-state index contributed by atoms with van der Waals surface area (Å²) in [6.07, 6.45) is 1.45. The van der Waals surface area contributed by atoms with E-state index in [9.17, 15) is 8.42 Å². The number of hydrogen-bond donors (Lipinski definition) is 1. The maximum Gasteiger partial charge on any atom is 0.262 e. The fourth-order valence-corrected chi connectivity index (χ4v) is 3.45. The van der Waals surface area contributed by atoms with E-state index < -0.39 is 10.0 Å². The molecule has 0 aliphatic carbocycles. The maximum atomic E-state index is 12.4. The Balaban J connectivity index is 2.40. The van der Waals surface area contributed by atoms with Gasteiger partial charge in [-0.05, 0) is 59.1 Å². The highest BCUT2D eigenvalue weighted by Crippen LogP contribution is 2.24. The molecule has 0 atom stereocenters. The number of aromatic nitrogens is 1. The summed E-state index contributed by atoms with van der Waals surface area (Å²) in [6, 6.07) is 6.45. The van der Waals surface area contributed by atoms with E-state index in [0.29, 0.717) is 20.9 Å². The average Bonchev–Trinajstić information content (AvgIpc) is 2.36. The normalized spacial score (nSPS) is 11.4. The van der Waals surface area contributed by atoms with E-state index in [1.54, 1.807) is 25.1 Å². The number of nitrogens with one attached hydrogen (secondary N) is 1. The fraction of sp³-hybridized carbons (Fsp3) is 0.154. The van der Waals surface area contributed by atoms with Gasteiger partial charge in [0.1, 0.15) is 4.60 Å². The number of pyridine rings is 1. The highest BCUT2D eigenvalue weighted by Gasteiger charge is 2.17. The summed E-state index contributed by atoms with van der Waals surface area (Å²) < 4.78 is 27.9. The van der Waals surface area contributed by atoms with Gasteiger partial charge in [-0.25, -0.2) is 13.4 Å². The van der Waals surface area contributed by atoms with E-state index in [0.717, 1.165) is 5.56 Å². The number of hydrogen-bond acceptors (Lipinski definition) is 3. The van der Waals surface area contributed by atoms with Crippen LogP contribution < -0.4 is 4.72 Å². The molecule has 4 nitrogen and oxygen atoms in total. The molecule has 1 aromatic heterocycles. The van der Waals surface area contributed by atoms with Gasteiger partial charge in [-0.15, -0.1) is 0 Å². The van der Waals surface area contributed by atoms with Crippen molar-refractivity contribution in [2.45, 2.75) is 18.7 Å². The maximum absolute atomic E-state index is 12.4. The third-order valence-corrected chi connectivity index (χ3v) is 5.29. The van der Waals surface area contributed by atoms with Gasteiger partial charge in [0, 0.05) is 5.02 Å². The Morgan fingerprint density at radius 1 is 1.20 bits per heavy atom. The van der Waals surface area contributed by atoms with Crippen molar-refractivity contribution < 1.29 is 8.42 Å². The first-order valence-corrected chi connectivity index (χ1v) is 8.36. The van der Waals surface area contributed by atoms with Gasteiger partial charge in [-0.3, -0.25) is 4.72 Å². The molecule has 2 aromatic rings. The summed E-state index contributed by atoms with van der Waals surface area (Å²) in [4.78, 5) is 4.22. The van der Waals surface area contributed by atoms with Crippen LogP contribution >= 0.6 is 27.5 Å². The van der Waals surface area contributed by atoms with Gasteiger partial charge in [-0.1, -0.05) is 17.7 Å². The summed E-state index contributed by atoms with van der Waals surface area (Å²) in [7, 11) is -3.69. The second-order valence-corrected chi connectivity index (χ2v) is 7.19. The third kappa shape index (κ3) is 3.31. The first kappa shape index (κ1) is 15.3. The molecule has 106 valence electrons. The molecule has 0 fully saturated rings. The largest absolute Gasteiger partial charge is 0.278 e. The monoisotopic (exact) mass is 374 g/mol. The van der Waals surface area contributed by atoms with Gasteiger partial charge in [0.15, 0.2) is 0 Å². The molecular weight excluding hydrogens is 364 g/mol. The molecule has 1 heterocycles. The van der Waals surface area contributed by atoms with Crippen LogP contribution in [0.15, 0.2) is 40.0 Å². The summed E-state index contributed by atoms with van der Waals surface area (Å²) in [5.41, 5.74) is 1.88. The Kier molecular flexibility index (Phi) is 4.36. The summed E-state index contributed by atoms with van der Waals surface area (Å²) in [5, 5.41) is 0.376. The molecule has 1 N–H and O–H groups in total. The molecule has 0 radical (unpaired) electrons. The molecule has 0 saturated carbocycles. The highest BCUT2D eigenvalue weighted by molar-refractivity contribution is 9.10. The predicted molar refractivity (Wildman–Crippen MR) is 83.7 cm³/mol. The average molecular weight is 376 g/mol. The van der Waals surface area contributed by atoms with Crippen LogP contribution in [0.5, 0.6) is 0 Å². The van der Waals surface area contributed by atoms with E-state index in [4.69, 9.17) is 11.6 Å². The number of sulfonamides is 1. The minimum atomic E-state index is -3.69. The van der Waals surface area contributed by atoms with E-state index in [2.05, 4.69) is 25.6 Å². The van der Waals surface area contributed by atoms with E-state index >= 15 is 0 Å². The molecule has 7 heteroatoms. The van der Waals surface area contributed by atoms with Gasteiger partial charge < -0.3 is 0 Å². The molecule has 0 saturated heterocycles. The Labute approximate surface area is 131 Å². The zero-order valence-corrected chi connectivity index (χ0v) is 14.0. The van der Waals surface area contributed by atoms with Crippen LogP contribution in [0.3, 0.4) is 0 Å². The van der Waals surface area contributed by atoms with Crippen LogP contribution in [-0.4, -0.2) is 13.4 Å². The van der Waals surface area contributed by atoms with Crippen LogP contribution in [-0.2, 0) is 10.0 Å². The predicted octanol–water partition coefficient (Wildman–Crippen LogP) is 3.92. The van der Waals surface area contributed by atoms with Crippen LogP contribution in [0.4, 0.5) is 5.69 Å². The van der Waals surface area contributed by atoms with Crippen LogP contribution in [0.25, 0.3) is 0 Å². The van der Waals surface area contributed by atoms with Crippen LogP contribution in [0.2, 0.25) is 5.02 Å². The zero-order chi connectivity index (χ0) is 14.9. The molecule has 0 unspecified atom stereocenters. The standard InChI is InChI=1S/C13H12BrClN2O2S/c1-8-3-4-10(15)6-12(8)20(18,19)17-11-5-9(2)13(14)16-7-11/h3-7,17H,1-2H3. The second-order valence-electron chi connectivity index (χ2n) is 4.35. The topological polar surface area (TPSA) is 59.1 Å². The van der Waals surface area contributed by atoms with Crippen molar-refractivity contribution in [3.63, 3.8) is 0 Å². The summed E-state index contributed by atoms with van der Waals surface area (Å²) >= 11 is 9.13. The van der Waals surface area contributed by atoms with Crippen LogP contribution in [0.1, 0.15) is 11.1 Å². The van der Waals surface area contributed by atoms with Crippen molar-refractivity contribution in [3.8, 4) is 0 Å². The van der Waals surface area contributed by atoms with E-state index in [1.807, 2.05) is 6.92 Å². The van der Waals surface area contributed by atoms with Crippen molar-refractivity contribution >= 4 is 43.2 Å². The smallest absolute Gasteiger partial charge is 0.262 e. The first-order valence-electron chi connectivity index (χ1n) is 5.71. The number of rotatable bonds is 3. The van der Waals surface area contributed by atoms with Gasteiger partial charge in [-0.2, -0.15) is 0 Å². The molecular formula is C13H12BrClN2O2S. The SMILES string of the molecule is Cc1ccc(Cl)cc1S(=O)(=O)Nc1cnc(Br)c(C)c1. The second kappa shape index (κ2) is 5.71. The highest BCUT2D eigenvalue weighted by atomic mass is 79.9. The van der Waals surface area contributed by atoms with E-state index in [1.165, 1.54) is 12.3 Å². The molecule has 2 rings (SSSR count). The zero-order valence-electron chi connectivity index (χ0n) is 10.8. The van der Waals surface area contributed by atoms with Gasteiger partial charge >= 0.3 is 0 Å². The molecule has 0 spiro atoms. The minimum absolute atomic E-state index is 0.158. The number of nitrogens with zero attached hydrogens (tertiary/aromatic N) is 1. The lowest BCUT2D eigenvalue weighted by molar-refractivity contribution is 0.600. The lowest BCUT2D eigenvalue weighted by atomic mass is 10.2. The Morgan fingerprint density at radius 3 is 2.55 bits per heavy atom. The van der Waals surface area contributed by atoms with Crippen molar-refractivity contribution in [2.24, 2.45) is 0 Å².